The number of nitrogens with zero attached hydrogens (tertiary/aromatic N) is 1. The van der Waals surface area contributed by atoms with Crippen LogP contribution in [0.15, 0.2) is 42.5 Å². The molecule has 9 heteroatoms. The van der Waals surface area contributed by atoms with Crippen molar-refractivity contribution < 1.29 is 27.6 Å². The molecule has 2 aromatic rings. The first-order valence-corrected chi connectivity index (χ1v) is 9.19. The highest BCUT2D eigenvalue weighted by Crippen LogP contribution is 2.38. The van der Waals surface area contributed by atoms with Gasteiger partial charge in [-0.2, -0.15) is 13.2 Å². The Bertz CT molecular complexity index is 909. The lowest BCUT2D eigenvalue weighted by Crippen LogP contribution is -2.36. The van der Waals surface area contributed by atoms with E-state index < -0.39 is 22.4 Å². The van der Waals surface area contributed by atoms with Crippen molar-refractivity contribution in [2.45, 2.75) is 44.3 Å². The molecule has 0 bridgehead atoms. The Hall–Kier alpha value is -3.10. The molecule has 1 N–H and O–H groups in total. The molecule has 0 spiro atoms. The van der Waals surface area contributed by atoms with Gasteiger partial charge < -0.3 is 10.1 Å². The number of ether oxygens (including phenoxy) is 1. The maximum Gasteiger partial charge on any atom is 0.416 e. The Morgan fingerprint density at radius 2 is 1.76 bits per heavy atom. The van der Waals surface area contributed by atoms with Gasteiger partial charge in [0.05, 0.1) is 16.1 Å². The van der Waals surface area contributed by atoms with Gasteiger partial charge in [0.25, 0.3) is 5.91 Å². The van der Waals surface area contributed by atoms with Crippen molar-refractivity contribution in [3.63, 3.8) is 0 Å². The number of alkyl halides is 3. The van der Waals surface area contributed by atoms with Gasteiger partial charge in [0.2, 0.25) is 5.75 Å². The number of amides is 1. The smallest absolute Gasteiger partial charge is 0.416 e. The summed E-state index contributed by atoms with van der Waals surface area (Å²) < 4.78 is 44.1. The van der Waals surface area contributed by atoms with Gasteiger partial charge in [-0.25, -0.2) is 0 Å². The number of halogens is 3. The predicted molar refractivity (Wildman–Crippen MR) is 99.0 cm³/mol. The normalized spacial score (nSPS) is 15.0. The molecule has 1 amide bonds. The minimum Gasteiger partial charge on any atom is -0.449 e. The fourth-order valence-corrected chi connectivity index (χ4v) is 3.29. The largest absolute Gasteiger partial charge is 0.449 e. The number of carbonyl (C=O) groups excluding carboxylic acids is 1. The molecule has 0 atom stereocenters. The van der Waals surface area contributed by atoms with Crippen LogP contribution in [0.1, 0.15) is 48.0 Å². The summed E-state index contributed by atoms with van der Waals surface area (Å²) in [6.45, 7) is 0. The van der Waals surface area contributed by atoms with Crippen LogP contribution in [0.2, 0.25) is 0 Å². The summed E-state index contributed by atoms with van der Waals surface area (Å²) in [6, 6.07) is 8.18. The van der Waals surface area contributed by atoms with Gasteiger partial charge in [-0.05, 0) is 37.1 Å². The number of hydrogen-bond donors (Lipinski definition) is 1. The van der Waals surface area contributed by atoms with Crippen LogP contribution in [0, 0.1) is 10.1 Å². The minimum absolute atomic E-state index is 0.0312. The third-order valence-corrected chi connectivity index (χ3v) is 4.77. The molecule has 29 heavy (non-hydrogen) atoms. The summed E-state index contributed by atoms with van der Waals surface area (Å²) in [5, 5.41) is 14.2. The lowest BCUT2D eigenvalue weighted by Gasteiger charge is -2.23. The van der Waals surface area contributed by atoms with Crippen molar-refractivity contribution in [2.75, 3.05) is 0 Å². The van der Waals surface area contributed by atoms with Gasteiger partial charge in [-0.3, -0.25) is 14.9 Å². The van der Waals surface area contributed by atoms with E-state index >= 15 is 0 Å². The van der Waals surface area contributed by atoms with E-state index in [1.54, 1.807) is 12.1 Å². The summed E-state index contributed by atoms with van der Waals surface area (Å²) in [4.78, 5) is 23.0. The Morgan fingerprint density at radius 1 is 1.07 bits per heavy atom. The fourth-order valence-electron chi connectivity index (χ4n) is 3.29. The maximum absolute atomic E-state index is 12.9. The standard InChI is InChI=1S/C20H19F3N2O4/c21-20(22,23)13-10-11-18(16(12-13)25(27)28)29-17-9-5-4-8-15(17)19(26)24-14-6-2-1-3-7-14/h4-5,8-12,14H,1-3,6-7H2,(H,24,26). The summed E-state index contributed by atoms with van der Waals surface area (Å²) in [5.41, 5.74) is -1.82. The first-order chi connectivity index (χ1) is 13.8. The molecule has 2 aromatic carbocycles. The number of nitrogens with one attached hydrogen (secondary N) is 1. The van der Waals surface area contributed by atoms with E-state index in [0.717, 1.165) is 38.2 Å². The van der Waals surface area contributed by atoms with Crippen LogP contribution in [0.25, 0.3) is 0 Å². The van der Waals surface area contributed by atoms with Gasteiger partial charge in [-0.1, -0.05) is 31.4 Å². The Balaban J connectivity index is 1.87. The van der Waals surface area contributed by atoms with Crippen LogP contribution in [0.4, 0.5) is 18.9 Å². The Labute approximate surface area is 164 Å². The second kappa shape index (κ2) is 8.50. The molecule has 1 aliphatic carbocycles. The zero-order valence-electron chi connectivity index (χ0n) is 15.4. The van der Waals surface area contributed by atoms with Crippen molar-refractivity contribution in [3.05, 3.63) is 63.7 Å². The van der Waals surface area contributed by atoms with Crippen LogP contribution in [0.3, 0.4) is 0 Å². The Kier molecular flexibility index (Phi) is 6.05. The molecule has 1 fully saturated rings. The summed E-state index contributed by atoms with van der Waals surface area (Å²) in [6.07, 6.45) is 0.213. The van der Waals surface area contributed by atoms with Crippen LogP contribution in [-0.2, 0) is 6.18 Å². The van der Waals surface area contributed by atoms with E-state index in [9.17, 15) is 28.1 Å². The van der Waals surface area contributed by atoms with Gasteiger partial charge in [-0.15, -0.1) is 0 Å². The Morgan fingerprint density at radius 3 is 2.41 bits per heavy atom. The maximum atomic E-state index is 12.9. The van der Waals surface area contributed by atoms with E-state index in [1.807, 2.05) is 0 Å². The number of nitro groups is 1. The van der Waals surface area contributed by atoms with E-state index in [4.69, 9.17) is 4.74 Å². The average Bonchev–Trinajstić information content (AvgIpc) is 2.68. The van der Waals surface area contributed by atoms with Gasteiger partial charge >= 0.3 is 11.9 Å². The lowest BCUT2D eigenvalue weighted by atomic mass is 9.95. The lowest BCUT2D eigenvalue weighted by molar-refractivity contribution is -0.385. The number of carbonyl (C=O) groups is 1. The molecular weight excluding hydrogens is 389 g/mol. The van der Waals surface area contributed by atoms with Gasteiger partial charge in [0.15, 0.2) is 0 Å². The van der Waals surface area contributed by atoms with Crippen molar-refractivity contribution in [1.29, 1.82) is 0 Å². The quantitative estimate of drug-likeness (QED) is 0.526. The highest BCUT2D eigenvalue weighted by molar-refractivity contribution is 5.97. The number of benzene rings is 2. The fraction of sp³-hybridized carbons (Fsp3) is 0.350. The van der Waals surface area contributed by atoms with E-state index in [-0.39, 0.29) is 29.0 Å². The highest BCUT2D eigenvalue weighted by Gasteiger charge is 2.33. The second-order valence-electron chi connectivity index (χ2n) is 6.84. The molecule has 0 heterocycles. The molecule has 6 nitrogen and oxygen atoms in total. The van der Waals surface area contributed by atoms with E-state index in [1.165, 1.54) is 12.1 Å². The third-order valence-electron chi connectivity index (χ3n) is 4.77. The first-order valence-electron chi connectivity index (χ1n) is 9.19. The summed E-state index contributed by atoms with van der Waals surface area (Å²) >= 11 is 0. The summed E-state index contributed by atoms with van der Waals surface area (Å²) in [5.74, 6) is -0.730. The number of nitro benzene ring substituents is 1. The van der Waals surface area contributed by atoms with Crippen LogP contribution in [0.5, 0.6) is 11.5 Å². The number of para-hydroxylation sites is 1. The number of rotatable bonds is 5. The minimum atomic E-state index is -4.72. The van der Waals surface area contributed by atoms with Crippen molar-refractivity contribution >= 4 is 11.6 Å². The summed E-state index contributed by atoms with van der Waals surface area (Å²) in [7, 11) is 0. The van der Waals surface area contributed by atoms with Crippen molar-refractivity contribution in [1.82, 2.24) is 5.32 Å². The van der Waals surface area contributed by atoms with Gasteiger partial charge in [0, 0.05) is 12.1 Å². The number of hydrogen-bond acceptors (Lipinski definition) is 4. The molecule has 3 rings (SSSR count). The zero-order chi connectivity index (χ0) is 21.0. The van der Waals surface area contributed by atoms with Crippen molar-refractivity contribution in [3.8, 4) is 11.5 Å². The topological polar surface area (TPSA) is 81.5 Å². The molecule has 0 aromatic heterocycles. The molecule has 0 radical (unpaired) electrons. The van der Waals surface area contributed by atoms with Crippen LogP contribution < -0.4 is 10.1 Å². The average molecular weight is 408 g/mol. The van der Waals surface area contributed by atoms with E-state index in [2.05, 4.69) is 5.32 Å². The zero-order valence-corrected chi connectivity index (χ0v) is 15.4. The third kappa shape index (κ3) is 5.04. The molecule has 0 saturated heterocycles. The second-order valence-corrected chi connectivity index (χ2v) is 6.84. The van der Waals surface area contributed by atoms with Gasteiger partial charge in [0.1, 0.15) is 5.75 Å². The molecule has 0 unspecified atom stereocenters. The first kappa shape index (κ1) is 20.6. The highest BCUT2D eigenvalue weighted by atomic mass is 19.4. The van der Waals surface area contributed by atoms with E-state index in [0.29, 0.717) is 12.1 Å². The molecule has 1 aliphatic rings. The molecule has 154 valence electrons. The van der Waals surface area contributed by atoms with Crippen molar-refractivity contribution in [2.24, 2.45) is 0 Å². The molecule has 1 saturated carbocycles. The predicted octanol–water partition coefficient (Wildman–Crippen LogP) is 5.47. The van der Waals surface area contributed by atoms with Crippen LogP contribution in [-0.4, -0.2) is 16.9 Å². The SMILES string of the molecule is O=C(NC1CCCCC1)c1ccccc1Oc1ccc(C(F)(F)F)cc1[N+](=O)[O-]. The van der Waals surface area contributed by atoms with Crippen LogP contribution >= 0.6 is 0 Å². The molecular formula is C20H19F3N2O4. The molecule has 0 aliphatic heterocycles. The monoisotopic (exact) mass is 408 g/mol.